The van der Waals surface area contributed by atoms with E-state index < -0.39 is 0 Å². The van der Waals surface area contributed by atoms with Crippen molar-refractivity contribution < 1.29 is 14.4 Å². The number of carbonyl (C=O) groups excluding carboxylic acids is 3. The third-order valence-electron chi connectivity index (χ3n) is 6.71. The van der Waals surface area contributed by atoms with Crippen LogP contribution in [0.15, 0.2) is 48.5 Å². The van der Waals surface area contributed by atoms with Gasteiger partial charge in [-0.15, -0.1) is 0 Å². The van der Waals surface area contributed by atoms with Crippen LogP contribution < -0.4 is 0 Å². The number of fused-ring (bicyclic) bond motifs is 1. The molecule has 2 fully saturated rings. The van der Waals surface area contributed by atoms with Gasteiger partial charge < -0.3 is 9.80 Å². The predicted octanol–water partition coefficient (Wildman–Crippen LogP) is 3.18. The van der Waals surface area contributed by atoms with Crippen LogP contribution in [0.5, 0.6) is 0 Å². The molecular weight excluding hydrogens is 390 g/mol. The van der Waals surface area contributed by atoms with E-state index in [9.17, 15) is 14.4 Å². The lowest BCUT2D eigenvalue weighted by Gasteiger charge is -2.28. The van der Waals surface area contributed by atoms with Gasteiger partial charge in [-0.3, -0.25) is 19.3 Å². The minimum atomic E-state index is -0.325. The van der Waals surface area contributed by atoms with Gasteiger partial charge in [-0.25, -0.2) is 0 Å². The molecule has 2 saturated heterocycles. The lowest BCUT2D eigenvalue weighted by molar-refractivity contribution is 0.0641. The van der Waals surface area contributed by atoms with Gasteiger partial charge in [0.05, 0.1) is 17.7 Å². The van der Waals surface area contributed by atoms with E-state index in [-0.39, 0.29) is 30.3 Å². The molecule has 3 aliphatic heterocycles. The van der Waals surface area contributed by atoms with Gasteiger partial charge in [0.25, 0.3) is 17.7 Å². The number of hydrogen-bond acceptors (Lipinski definition) is 4. The molecule has 3 aliphatic rings. The average Bonchev–Trinajstić information content (AvgIpc) is 3.53. The molecule has 1 atom stereocenters. The minimum Gasteiger partial charge on any atom is -0.334 e. The van der Waals surface area contributed by atoms with Crippen LogP contribution in [0.25, 0.3) is 0 Å². The van der Waals surface area contributed by atoms with E-state index >= 15 is 0 Å². The lowest BCUT2D eigenvalue weighted by Crippen LogP contribution is -2.42. The summed E-state index contributed by atoms with van der Waals surface area (Å²) in [5.41, 5.74) is 2.11. The van der Waals surface area contributed by atoms with Crippen molar-refractivity contribution in [3.63, 3.8) is 0 Å². The molecule has 3 heterocycles. The first-order chi connectivity index (χ1) is 15.1. The highest BCUT2D eigenvalue weighted by molar-refractivity contribution is 6.22. The summed E-state index contributed by atoms with van der Waals surface area (Å²) in [7, 11) is 0. The highest BCUT2D eigenvalue weighted by Crippen LogP contribution is 2.28. The van der Waals surface area contributed by atoms with Crippen molar-refractivity contribution in [2.45, 2.75) is 38.3 Å². The third kappa shape index (κ3) is 3.76. The predicted molar refractivity (Wildman–Crippen MR) is 117 cm³/mol. The topological polar surface area (TPSA) is 60.9 Å². The number of hydrogen-bond donors (Lipinski definition) is 0. The zero-order chi connectivity index (χ0) is 21.4. The molecule has 0 radical (unpaired) electrons. The van der Waals surface area contributed by atoms with Crippen LogP contribution in [0.2, 0.25) is 0 Å². The van der Waals surface area contributed by atoms with E-state index in [0.29, 0.717) is 16.7 Å². The van der Waals surface area contributed by atoms with Gasteiger partial charge in [-0.1, -0.05) is 30.3 Å². The fourth-order valence-corrected chi connectivity index (χ4v) is 5.06. The van der Waals surface area contributed by atoms with Crippen molar-refractivity contribution in [1.82, 2.24) is 14.7 Å². The second-order valence-corrected chi connectivity index (χ2v) is 8.74. The summed E-state index contributed by atoms with van der Waals surface area (Å²) in [6.45, 7) is 4.15. The average molecular weight is 418 g/mol. The highest BCUT2D eigenvalue weighted by atomic mass is 16.2. The van der Waals surface area contributed by atoms with Crippen molar-refractivity contribution in [2.24, 2.45) is 0 Å². The maximum atomic E-state index is 13.3. The third-order valence-corrected chi connectivity index (χ3v) is 6.71. The molecule has 160 valence electrons. The Morgan fingerprint density at radius 2 is 1.61 bits per heavy atom. The summed E-state index contributed by atoms with van der Waals surface area (Å²) < 4.78 is 0. The van der Waals surface area contributed by atoms with Crippen LogP contribution in [0, 0.1) is 0 Å². The van der Waals surface area contributed by atoms with Gasteiger partial charge in [0, 0.05) is 24.7 Å². The number of carbonyl (C=O) groups is 3. The Balaban J connectivity index is 1.34. The van der Waals surface area contributed by atoms with Gasteiger partial charge in [-0.2, -0.15) is 0 Å². The fourth-order valence-electron chi connectivity index (χ4n) is 5.06. The molecule has 0 saturated carbocycles. The summed E-state index contributed by atoms with van der Waals surface area (Å²) in [5, 5.41) is 0. The monoisotopic (exact) mass is 417 g/mol. The van der Waals surface area contributed by atoms with Crippen molar-refractivity contribution in [3.05, 3.63) is 70.8 Å². The first-order valence-electron chi connectivity index (χ1n) is 11.2. The Labute approximate surface area is 182 Å². The standard InChI is InChI=1S/C25H27N3O3/c29-23(27-14-6-9-20(27)17-26-12-4-5-13-26)19-10-11-21-22(15-19)25(31)28(24(21)30)16-18-7-2-1-3-8-18/h1-3,7-8,10-11,15,20H,4-6,9,12-14,16-17H2. The van der Waals surface area contributed by atoms with Gasteiger partial charge in [0.2, 0.25) is 0 Å². The molecule has 0 spiro atoms. The maximum Gasteiger partial charge on any atom is 0.261 e. The van der Waals surface area contributed by atoms with Gasteiger partial charge in [0.1, 0.15) is 0 Å². The summed E-state index contributed by atoms with van der Waals surface area (Å²) in [4.78, 5) is 44.7. The van der Waals surface area contributed by atoms with Crippen molar-refractivity contribution in [1.29, 1.82) is 0 Å². The first-order valence-corrected chi connectivity index (χ1v) is 11.2. The van der Waals surface area contributed by atoms with Crippen LogP contribution in [-0.4, -0.2) is 64.6 Å². The van der Waals surface area contributed by atoms with E-state index in [0.717, 1.165) is 44.6 Å². The van der Waals surface area contributed by atoms with Crippen LogP contribution in [0.4, 0.5) is 0 Å². The molecular formula is C25H27N3O3. The molecule has 0 bridgehead atoms. The number of amides is 3. The van der Waals surface area contributed by atoms with Crippen LogP contribution >= 0.6 is 0 Å². The number of imide groups is 1. The number of nitrogens with zero attached hydrogens (tertiary/aromatic N) is 3. The molecule has 0 aromatic heterocycles. The summed E-state index contributed by atoms with van der Waals surface area (Å²) in [6.07, 6.45) is 4.51. The smallest absolute Gasteiger partial charge is 0.261 e. The van der Waals surface area contributed by atoms with Gasteiger partial charge in [-0.05, 0) is 62.5 Å². The minimum absolute atomic E-state index is 0.0359. The second-order valence-electron chi connectivity index (χ2n) is 8.74. The SMILES string of the molecule is O=C1c2ccc(C(=O)N3CCCC3CN3CCCC3)cc2C(=O)N1Cc1ccccc1. The van der Waals surface area contributed by atoms with Crippen LogP contribution in [0.3, 0.4) is 0 Å². The second kappa shape index (κ2) is 8.27. The van der Waals surface area contributed by atoms with E-state index in [4.69, 9.17) is 0 Å². The van der Waals surface area contributed by atoms with E-state index in [2.05, 4.69) is 4.90 Å². The van der Waals surface area contributed by atoms with Gasteiger partial charge in [0.15, 0.2) is 0 Å². The zero-order valence-corrected chi connectivity index (χ0v) is 17.6. The number of rotatable bonds is 5. The molecule has 31 heavy (non-hydrogen) atoms. The molecule has 3 amide bonds. The Hall–Kier alpha value is -2.99. The van der Waals surface area contributed by atoms with E-state index in [1.807, 2.05) is 35.2 Å². The molecule has 6 heteroatoms. The molecule has 2 aromatic rings. The maximum absolute atomic E-state index is 13.3. The van der Waals surface area contributed by atoms with Crippen molar-refractivity contribution in [3.8, 4) is 0 Å². The zero-order valence-electron chi connectivity index (χ0n) is 17.6. The molecule has 1 unspecified atom stereocenters. The Morgan fingerprint density at radius 1 is 0.871 bits per heavy atom. The summed E-state index contributed by atoms with van der Waals surface area (Å²) in [5.74, 6) is -0.657. The number of likely N-dealkylation sites (tertiary alicyclic amines) is 2. The molecule has 6 nitrogen and oxygen atoms in total. The van der Waals surface area contributed by atoms with Crippen molar-refractivity contribution >= 4 is 17.7 Å². The first kappa shape index (κ1) is 19.9. The quantitative estimate of drug-likeness (QED) is 0.701. The van der Waals surface area contributed by atoms with Gasteiger partial charge >= 0.3 is 0 Å². The van der Waals surface area contributed by atoms with Crippen LogP contribution in [-0.2, 0) is 6.54 Å². The normalized spacial score (nSPS) is 21.2. The lowest BCUT2D eigenvalue weighted by atomic mass is 10.0. The summed E-state index contributed by atoms with van der Waals surface area (Å²) in [6, 6.07) is 14.7. The Kier molecular flexibility index (Phi) is 5.32. The fraction of sp³-hybridized carbons (Fsp3) is 0.400. The summed E-state index contributed by atoms with van der Waals surface area (Å²) >= 11 is 0. The molecule has 5 rings (SSSR count). The molecule has 2 aromatic carbocycles. The number of benzene rings is 2. The largest absolute Gasteiger partial charge is 0.334 e. The Morgan fingerprint density at radius 3 is 2.39 bits per heavy atom. The highest BCUT2D eigenvalue weighted by Gasteiger charge is 2.37. The van der Waals surface area contributed by atoms with E-state index in [1.54, 1.807) is 18.2 Å². The van der Waals surface area contributed by atoms with E-state index in [1.165, 1.54) is 17.7 Å². The molecule has 0 N–H and O–H groups in total. The Bertz CT molecular complexity index is 1010. The molecule has 0 aliphatic carbocycles. The van der Waals surface area contributed by atoms with Crippen molar-refractivity contribution in [2.75, 3.05) is 26.2 Å². The van der Waals surface area contributed by atoms with Crippen LogP contribution in [0.1, 0.15) is 62.3 Å².